The van der Waals surface area contributed by atoms with Crippen LogP contribution in [0.5, 0.6) is 5.75 Å². The number of carbonyl (C=O) groups is 1. The monoisotopic (exact) mass is 423 g/mol. The molecule has 1 N–H and O–H groups in total. The van der Waals surface area contributed by atoms with Gasteiger partial charge in [0.1, 0.15) is 11.6 Å². The Morgan fingerprint density at radius 3 is 2.35 bits per heavy atom. The normalized spacial score (nSPS) is 11.5. The van der Waals surface area contributed by atoms with Crippen LogP contribution in [0.15, 0.2) is 47.3 Å². The molecule has 3 aromatic rings. The highest BCUT2D eigenvalue weighted by molar-refractivity contribution is 5.76. The molecule has 0 spiro atoms. The summed E-state index contributed by atoms with van der Waals surface area (Å²) in [4.78, 5) is 23.8. The molecular formula is C24H29N3O4. The Hall–Kier alpha value is -3.35. The average Bonchev–Trinajstić information content (AvgIpc) is 3.00. The predicted molar refractivity (Wildman–Crippen MR) is 119 cm³/mol. The maximum atomic E-state index is 12.6. The summed E-state index contributed by atoms with van der Waals surface area (Å²) < 4.78 is 8.58. The highest BCUT2D eigenvalue weighted by Crippen LogP contribution is 2.20. The van der Waals surface area contributed by atoms with Crippen LogP contribution in [-0.4, -0.2) is 31.0 Å². The van der Waals surface area contributed by atoms with Gasteiger partial charge in [-0.2, -0.15) is 4.68 Å². The number of benzene rings is 2. The minimum atomic E-state index is -1.28. The molecular weight excluding hydrogens is 394 g/mol. The van der Waals surface area contributed by atoms with Crippen molar-refractivity contribution in [3.8, 4) is 11.4 Å². The fraction of sp³-hybridized carbons (Fsp3) is 0.375. The van der Waals surface area contributed by atoms with E-state index in [1.807, 2.05) is 44.2 Å². The third-order valence-corrected chi connectivity index (χ3v) is 5.48. The van der Waals surface area contributed by atoms with Crippen molar-refractivity contribution < 1.29 is 14.6 Å². The lowest BCUT2D eigenvalue weighted by Gasteiger charge is -2.21. The SMILES string of the molecule is Cc1ccc(-n2nc(CCCc3ccc(OC(C)(C)C(=O)O)cc3)n(C)c2=O)cc1C. The molecule has 0 saturated heterocycles. The number of rotatable bonds is 8. The summed E-state index contributed by atoms with van der Waals surface area (Å²) in [6.45, 7) is 7.10. The molecule has 164 valence electrons. The second-order valence-electron chi connectivity index (χ2n) is 8.35. The van der Waals surface area contributed by atoms with Crippen LogP contribution in [0.25, 0.3) is 5.69 Å². The average molecular weight is 424 g/mol. The van der Waals surface area contributed by atoms with Crippen LogP contribution in [0.3, 0.4) is 0 Å². The van der Waals surface area contributed by atoms with Crippen molar-refractivity contribution in [1.82, 2.24) is 14.3 Å². The molecule has 0 amide bonds. The van der Waals surface area contributed by atoms with E-state index in [-0.39, 0.29) is 5.69 Å². The number of aliphatic carboxylic acids is 1. The summed E-state index contributed by atoms with van der Waals surface area (Å²) in [7, 11) is 1.75. The van der Waals surface area contributed by atoms with Gasteiger partial charge in [0.25, 0.3) is 0 Å². The molecule has 0 atom stereocenters. The van der Waals surface area contributed by atoms with Gasteiger partial charge in [-0.05, 0) is 81.5 Å². The smallest absolute Gasteiger partial charge is 0.350 e. The molecule has 0 unspecified atom stereocenters. The van der Waals surface area contributed by atoms with Gasteiger partial charge in [0.05, 0.1) is 5.69 Å². The molecule has 0 aliphatic carbocycles. The second kappa shape index (κ2) is 8.79. The number of carboxylic acid groups (broad SMARTS) is 1. The van der Waals surface area contributed by atoms with E-state index in [4.69, 9.17) is 9.84 Å². The van der Waals surface area contributed by atoms with Crippen LogP contribution < -0.4 is 10.4 Å². The lowest BCUT2D eigenvalue weighted by atomic mass is 10.1. The topological polar surface area (TPSA) is 86.3 Å². The molecule has 1 aromatic heterocycles. The van der Waals surface area contributed by atoms with Crippen molar-refractivity contribution in [3.05, 3.63) is 75.5 Å². The number of nitrogens with zero attached hydrogens (tertiary/aromatic N) is 3. The summed E-state index contributed by atoms with van der Waals surface area (Å²) in [5, 5.41) is 13.7. The van der Waals surface area contributed by atoms with Crippen LogP contribution >= 0.6 is 0 Å². The van der Waals surface area contributed by atoms with Crippen molar-refractivity contribution in [1.29, 1.82) is 0 Å². The van der Waals surface area contributed by atoms with Crippen LogP contribution in [0.2, 0.25) is 0 Å². The van der Waals surface area contributed by atoms with Gasteiger partial charge in [-0.15, -0.1) is 5.10 Å². The van der Waals surface area contributed by atoms with E-state index < -0.39 is 11.6 Å². The van der Waals surface area contributed by atoms with Crippen LogP contribution in [0.4, 0.5) is 0 Å². The minimum absolute atomic E-state index is 0.152. The van der Waals surface area contributed by atoms with Gasteiger partial charge in [0.2, 0.25) is 0 Å². The first kappa shape index (κ1) is 22.3. The van der Waals surface area contributed by atoms with Gasteiger partial charge < -0.3 is 9.84 Å². The number of carboxylic acids is 1. The highest BCUT2D eigenvalue weighted by Gasteiger charge is 2.29. The zero-order valence-electron chi connectivity index (χ0n) is 18.7. The van der Waals surface area contributed by atoms with Crippen LogP contribution in [-0.2, 0) is 24.7 Å². The van der Waals surface area contributed by atoms with Crippen LogP contribution in [0, 0.1) is 13.8 Å². The van der Waals surface area contributed by atoms with E-state index in [1.165, 1.54) is 24.1 Å². The standard InChI is InChI=1S/C24H29N3O4/c1-16-9-12-19(15-17(16)2)27-23(30)26(5)21(25-27)8-6-7-18-10-13-20(14-11-18)31-24(3,4)22(28)29/h9-15H,6-8H2,1-5H3,(H,28,29). The maximum absolute atomic E-state index is 12.6. The third kappa shape index (κ3) is 5.05. The molecule has 0 aliphatic heterocycles. The Morgan fingerprint density at radius 1 is 1.06 bits per heavy atom. The predicted octanol–water partition coefficient (Wildman–Crippen LogP) is 3.61. The molecule has 0 saturated carbocycles. The highest BCUT2D eigenvalue weighted by atomic mass is 16.5. The Kier molecular flexibility index (Phi) is 6.34. The van der Waals surface area contributed by atoms with Gasteiger partial charge in [-0.25, -0.2) is 9.59 Å². The summed E-state index contributed by atoms with van der Waals surface area (Å²) in [5.41, 5.74) is 2.75. The molecule has 3 rings (SSSR count). The third-order valence-electron chi connectivity index (χ3n) is 5.48. The quantitative estimate of drug-likeness (QED) is 0.598. The van der Waals surface area contributed by atoms with Crippen molar-refractivity contribution in [3.63, 3.8) is 0 Å². The molecule has 0 radical (unpaired) electrons. The number of hydrogen-bond donors (Lipinski definition) is 1. The van der Waals surface area contributed by atoms with E-state index in [9.17, 15) is 9.59 Å². The zero-order chi connectivity index (χ0) is 22.8. The summed E-state index contributed by atoms with van der Waals surface area (Å²) in [5.74, 6) is 0.250. The zero-order valence-corrected chi connectivity index (χ0v) is 18.7. The molecule has 31 heavy (non-hydrogen) atoms. The van der Waals surface area contributed by atoms with Gasteiger partial charge in [-0.1, -0.05) is 18.2 Å². The van der Waals surface area contributed by atoms with Gasteiger partial charge in [0.15, 0.2) is 5.60 Å². The fourth-order valence-corrected chi connectivity index (χ4v) is 3.23. The number of ether oxygens (including phenoxy) is 1. The lowest BCUT2D eigenvalue weighted by Crippen LogP contribution is -2.37. The minimum Gasteiger partial charge on any atom is -0.478 e. The first-order valence-electron chi connectivity index (χ1n) is 10.3. The van der Waals surface area contributed by atoms with Crippen molar-refractivity contribution in [2.45, 2.75) is 52.6 Å². The lowest BCUT2D eigenvalue weighted by molar-refractivity contribution is -0.152. The Balaban J connectivity index is 1.64. The van der Waals surface area contributed by atoms with Crippen molar-refractivity contribution in [2.24, 2.45) is 7.05 Å². The van der Waals surface area contributed by atoms with Gasteiger partial charge in [-0.3, -0.25) is 4.57 Å². The van der Waals surface area contributed by atoms with Gasteiger partial charge in [0, 0.05) is 13.5 Å². The largest absolute Gasteiger partial charge is 0.478 e. The van der Waals surface area contributed by atoms with E-state index in [0.717, 1.165) is 35.5 Å². The molecule has 7 nitrogen and oxygen atoms in total. The summed E-state index contributed by atoms with van der Waals surface area (Å²) in [6, 6.07) is 13.3. The summed E-state index contributed by atoms with van der Waals surface area (Å²) in [6.07, 6.45) is 2.32. The molecule has 0 fully saturated rings. The van der Waals surface area contributed by atoms with E-state index in [2.05, 4.69) is 5.10 Å². The number of aryl methyl sites for hydroxylation is 4. The van der Waals surface area contributed by atoms with Crippen molar-refractivity contribution in [2.75, 3.05) is 0 Å². The first-order chi connectivity index (χ1) is 14.6. The number of aromatic nitrogens is 3. The Morgan fingerprint density at radius 2 is 1.74 bits per heavy atom. The fourth-order valence-electron chi connectivity index (χ4n) is 3.23. The second-order valence-corrected chi connectivity index (χ2v) is 8.35. The van der Waals surface area contributed by atoms with Crippen LogP contribution in [0.1, 0.15) is 42.8 Å². The molecule has 0 aliphatic rings. The van der Waals surface area contributed by atoms with Crippen molar-refractivity contribution >= 4 is 5.97 Å². The molecule has 2 aromatic carbocycles. The molecule has 7 heteroatoms. The van der Waals surface area contributed by atoms with E-state index in [1.54, 1.807) is 23.7 Å². The molecule has 0 bridgehead atoms. The van der Waals surface area contributed by atoms with E-state index >= 15 is 0 Å². The maximum Gasteiger partial charge on any atom is 0.350 e. The summed E-state index contributed by atoms with van der Waals surface area (Å²) >= 11 is 0. The Bertz CT molecular complexity index is 1140. The molecule has 1 heterocycles. The van der Waals surface area contributed by atoms with E-state index in [0.29, 0.717) is 12.2 Å². The number of hydrogen-bond acceptors (Lipinski definition) is 4. The van der Waals surface area contributed by atoms with Gasteiger partial charge >= 0.3 is 11.7 Å². The first-order valence-corrected chi connectivity index (χ1v) is 10.3. The Labute approximate surface area is 181 Å².